The molecule has 28 heavy (non-hydrogen) atoms. The van der Waals surface area contributed by atoms with Crippen LogP contribution in [-0.2, 0) is 20.9 Å². The molecule has 3 rings (SSSR count). The Morgan fingerprint density at radius 3 is 2.14 bits per heavy atom. The molecule has 2 heterocycles. The second-order valence-corrected chi connectivity index (χ2v) is 8.75. The summed E-state index contributed by atoms with van der Waals surface area (Å²) < 4.78 is 71.6. The Kier molecular flexibility index (Phi) is 6.08. The average Bonchev–Trinajstić information content (AvgIpc) is 2.67. The van der Waals surface area contributed by atoms with E-state index in [1.807, 2.05) is 0 Å². The number of sulfonamides is 1. The Morgan fingerprint density at radius 2 is 1.57 bits per heavy atom. The first-order valence-corrected chi connectivity index (χ1v) is 10.4. The number of carbonyl (C=O) groups is 1. The number of ether oxygens (including phenoxy) is 1. The zero-order chi connectivity index (χ0) is 20.5. The highest BCUT2D eigenvalue weighted by molar-refractivity contribution is 7.89. The number of halogens is 4. The summed E-state index contributed by atoms with van der Waals surface area (Å²) in [7, 11) is -4.38. The Labute approximate surface area is 165 Å². The van der Waals surface area contributed by atoms with Crippen molar-refractivity contribution in [2.45, 2.75) is 11.1 Å². The maximum atomic E-state index is 13.3. The van der Waals surface area contributed by atoms with Crippen LogP contribution in [0.15, 0.2) is 23.1 Å². The molecular weight excluding hydrogens is 423 g/mol. The van der Waals surface area contributed by atoms with Crippen LogP contribution in [0.3, 0.4) is 0 Å². The number of urea groups is 1. The normalized spacial score (nSPS) is 19.7. The SMILES string of the molecule is O=C(N1CCOCC1)N1CCN(S(=O)(=O)c2ccc(Cl)cc2C(F)(F)F)CC1. The van der Waals surface area contributed by atoms with Crippen molar-refractivity contribution in [2.24, 2.45) is 0 Å². The standard InChI is InChI=1S/C16H19ClF3N3O4S/c17-12-1-2-14(13(11-12)16(18,19)20)28(25,26)23-5-3-21(4-6-23)15(24)22-7-9-27-10-8-22/h1-2,11H,3-10H2. The first-order chi connectivity index (χ1) is 13.1. The molecule has 2 saturated heterocycles. The number of hydrogen-bond acceptors (Lipinski definition) is 4. The third kappa shape index (κ3) is 4.37. The zero-order valence-electron chi connectivity index (χ0n) is 14.8. The number of benzene rings is 1. The molecule has 1 aromatic carbocycles. The molecule has 0 aromatic heterocycles. The molecule has 0 radical (unpaired) electrons. The van der Waals surface area contributed by atoms with E-state index in [1.165, 1.54) is 4.90 Å². The molecule has 0 bridgehead atoms. The highest BCUT2D eigenvalue weighted by Gasteiger charge is 2.40. The minimum Gasteiger partial charge on any atom is -0.378 e. The lowest BCUT2D eigenvalue weighted by Crippen LogP contribution is -2.55. The van der Waals surface area contributed by atoms with Crippen molar-refractivity contribution in [3.8, 4) is 0 Å². The lowest BCUT2D eigenvalue weighted by molar-refractivity contribution is -0.139. The topological polar surface area (TPSA) is 70.2 Å². The van der Waals surface area contributed by atoms with E-state index in [0.717, 1.165) is 16.4 Å². The molecular formula is C16H19ClF3N3O4S. The first-order valence-electron chi connectivity index (χ1n) is 8.59. The summed E-state index contributed by atoms with van der Waals surface area (Å²) in [6, 6.07) is 2.36. The van der Waals surface area contributed by atoms with E-state index in [4.69, 9.17) is 16.3 Å². The summed E-state index contributed by atoms with van der Waals surface area (Å²) in [6.45, 7) is 1.83. The van der Waals surface area contributed by atoms with Crippen LogP contribution in [-0.4, -0.2) is 81.0 Å². The van der Waals surface area contributed by atoms with Crippen LogP contribution in [0.5, 0.6) is 0 Å². The summed E-state index contributed by atoms with van der Waals surface area (Å²) >= 11 is 5.62. The van der Waals surface area contributed by atoms with Crippen LogP contribution < -0.4 is 0 Å². The van der Waals surface area contributed by atoms with Gasteiger partial charge in [-0.05, 0) is 18.2 Å². The van der Waals surface area contributed by atoms with E-state index in [1.54, 1.807) is 4.90 Å². The lowest BCUT2D eigenvalue weighted by Gasteiger charge is -2.38. The smallest absolute Gasteiger partial charge is 0.378 e. The molecule has 0 saturated carbocycles. The van der Waals surface area contributed by atoms with Crippen molar-refractivity contribution in [3.63, 3.8) is 0 Å². The molecule has 12 heteroatoms. The predicted octanol–water partition coefficient (Wildman–Crippen LogP) is 2.12. The highest BCUT2D eigenvalue weighted by atomic mass is 35.5. The lowest BCUT2D eigenvalue weighted by atomic mass is 10.2. The van der Waals surface area contributed by atoms with E-state index < -0.39 is 26.7 Å². The van der Waals surface area contributed by atoms with Crippen molar-refractivity contribution in [2.75, 3.05) is 52.5 Å². The van der Waals surface area contributed by atoms with Gasteiger partial charge in [0, 0.05) is 44.3 Å². The molecule has 2 amide bonds. The minimum absolute atomic E-state index is 0.0850. The molecule has 2 aliphatic rings. The van der Waals surface area contributed by atoms with E-state index in [-0.39, 0.29) is 37.2 Å². The van der Waals surface area contributed by atoms with Gasteiger partial charge < -0.3 is 14.5 Å². The third-order valence-corrected chi connectivity index (χ3v) is 6.85. The summed E-state index contributed by atoms with van der Waals surface area (Å²) in [6.07, 6.45) is -4.86. The molecule has 0 atom stereocenters. The number of rotatable bonds is 2. The Bertz CT molecular complexity index is 836. The quantitative estimate of drug-likeness (QED) is 0.705. The maximum absolute atomic E-state index is 13.3. The van der Waals surface area contributed by atoms with Crippen molar-refractivity contribution in [3.05, 3.63) is 28.8 Å². The average molecular weight is 442 g/mol. The fourth-order valence-corrected chi connectivity index (χ4v) is 4.95. The monoisotopic (exact) mass is 441 g/mol. The molecule has 156 valence electrons. The van der Waals surface area contributed by atoms with Gasteiger partial charge in [0.15, 0.2) is 0 Å². The molecule has 0 aliphatic carbocycles. The van der Waals surface area contributed by atoms with E-state index >= 15 is 0 Å². The molecule has 0 N–H and O–H groups in total. The van der Waals surface area contributed by atoms with Gasteiger partial charge in [0.1, 0.15) is 0 Å². The van der Waals surface area contributed by atoms with Crippen molar-refractivity contribution in [1.29, 1.82) is 0 Å². The van der Waals surface area contributed by atoms with Gasteiger partial charge >= 0.3 is 12.2 Å². The predicted molar refractivity (Wildman–Crippen MR) is 94.6 cm³/mol. The van der Waals surface area contributed by atoms with E-state index in [0.29, 0.717) is 32.4 Å². The second kappa shape index (κ2) is 8.05. The van der Waals surface area contributed by atoms with Crippen molar-refractivity contribution in [1.82, 2.24) is 14.1 Å². The Balaban J connectivity index is 1.74. The van der Waals surface area contributed by atoms with Gasteiger partial charge in [-0.2, -0.15) is 17.5 Å². The number of alkyl halides is 3. The van der Waals surface area contributed by atoms with Gasteiger partial charge in [-0.25, -0.2) is 13.2 Å². The second-order valence-electron chi connectivity index (χ2n) is 6.41. The van der Waals surface area contributed by atoms with Crippen LogP contribution in [0, 0.1) is 0 Å². The van der Waals surface area contributed by atoms with Gasteiger partial charge in [0.25, 0.3) is 0 Å². The maximum Gasteiger partial charge on any atom is 0.417 e. The van der Waals surface area contributed by atoms with Gasteiger partial charge in [0.05, 0.1) is 23.7 Å². The zero-order valence-corrected chi connectivity index (χ0v) is 16.4. The summed E-state index contributed by atoms with van der Waals surface area (Å²) in [4.78, 5) is 14.8. The molecule has 1 aromatic rings. The number of amides is 2. The van der Waals surface area contributed by atoms with Crippen LogP contribution in [0.2, 0.25) is 5.02 Å². The van der Waals surface area contributed by atoms with Gasteiger partial charge in [-0.3, -0.25) is 0 Å². The summed E-state index contributed by atoms with van der Waals surface area (Å²) in [5, 5.41) is -0.202. The molecule has 2 fully saturated rings. The summed E-state index contributed by atoms with van der Waals surface area (Å²) in [5.41, 5.74) is -1.30. The molecule has 0 spiro atoms. The van der Waals surface area contributed by atoms with Crippen LogP contribution in [0.4, 0.5) is 18.0 Å². The van der Waals surface area contributed by atoms with Gasteiger partial charge in [0.2, 0.25) is 10.0 Å². The minimum atomic E-state index is -4.86. The number of morpholine rings is 1. The number of carbonyl (C=O) groups excluding carboxylic acids is 1. The fourth-order valence-electron chi connectivity index (χ4n) is 3.16. The van der Waals surface area contributed by atoms with E-state index in [9.17, 15) is 26.4 Å². The molecule has 7 nitrogen and oxygen atoms in total. The number of nitrogens with zero attached hydrogens (tertiary/aromatic N) is 3. The highest BCUT2D eigenvalue weighted by Crippen LogP contribution is 2.37. The Morgan fingerprint density at radius 1 is 1.00 bits per heavy atom. The van der Waals surface area contributed by atoms with Gasteiger partial charge in [-0.1, -0.05) is 11.6 Å². The Hall–Kier alpha value is -1.56. The van der Waals surface area contributed by atoms with Crippen LogP contribution in [0.25, 0.3) is 0 Å². The number of piperazine rings is 1. The van der Waals surface area contributed by atoms with Crippen LogP contribution in [0.1, 0.15) is 5.56 Å². The summed E-state index contributed by atoms with van der Waals surface area (Å²) in [5.74, 6) is 0. The van der Waals surface area contributed by atoms with Crippen LogP contribution >= 0.6 is 11.6 Å². The third-order valence-electron chi connectivity index (χ3n) is 4.66. The largest absolute Gasteiger partial charge is 0.417 e. The van der Waals surface area contributed by atoms with Crippen molar-refractivity contribution < 1.29 is 31.1 Å². The fraction of sp³-hybridized carbons (Fsp3) is 0.562. The van der Waals surface area contributed by atoms with Gasteiger partial charge in [-0.15, -0.1) is 0 Å². The molecule has 0 unspecified atom stereocenters. The number of hydrogen-bond donors (Lipinski definition) is 0. The van der Waals surface area contributed by atoms with E-state index in [2.05, 4.69) is 0 Å². The first kappa shape index (κ1) is 21.2. The van der Waals surface area contributed by atoms with Crippen molar-refractivity contribution >= 4 is 27.7 Å². The molecule has 2 aliphatic heterocycles.